The van der Waals surface area contributed by atoms with E-state index in [0.717, 1.165) is 83.5 Å². The topological polar surface area (TPSA) is 174 Å². The van der Waals surface area contributed by atoms with Gasteiger partial charge in [-0.1, -0.05) is 72.1 Å². The third-order valence-corrected chi connectivity index (χ3v) is 16.5. The van der Waals surface area contributed by atoms with Crippen LogP contribution in [0.5, 0.6) is 0 Å². The number of Topliss-reactive ketones (excluding diaryl/α,β-unsaturated/α-hetero) is 1. The number of hydrogen-bond donors (Lipinski definition) is 4. The van der Waals surface area contributed by atoms with Crippen LogP contribution in [-0.2, 0) is 29.2 Å². The van der Waals surface area contributed by atoms with Crippen LogP contribution < -0.4 is 21.3 Å². The number of amides is 5. The molecule has 0 radical (unpaired) electrons. The predicted molar refractivity (Wildman–Crippen MR) is 201 cm³/mol. The van der Waals surface area contributed by atoms with E-state index >= 15 is 0 Å². The zero-order chi connectivity index (χ0) is 38.5. The van der Waals surface area contributed by atoms with E-state index in [0.29, 0.717) is 31.7 Å². The maximum absolute atomic E-state index is 15.0. The van der Waals surface area contributed by atoms with Crippen molar-refractivity contribution in [2.45, 2.75) is 165 Å². The number of fused-ring (bicyclic) bond motifs is 1. The van der Waals surface area contributed by atoms with Crippen LogP contribution in [-0.4, -0.2) is 103 Å². The average molecular weight is 761 g/mol. The highest BCUT2D eigenvalue weighted by atomic mass is 32.2. The van der Waals surface area contributed by atoms with E-state index in [1.807, 2.05) is 6.92 Å². The molecule has 0 bridgehead atoms. The van der Waals surface area contributed by atoms with E-state index in [9.17, 15) is 32.4 Å². The summed E-state index contributed by atoms with van der Waals surface area (Å²) in [5, 5.41) is 11.0. The third kappa shape index (κ3) is 8.28. The molecule has 6 aliphatic rings. The minimum atomic E-state index is -3.71. The number of carbonyl (C=O) groups is 5. The van der Waals surface area contributed by atoms with Crippen LogP contribution in [0.15, 0.2) is 0 Å². The highest BCUT2D eigenvalue weighted by Crippen LogP contribution is 2.65. The van der Waals surface area contributed by atoms with Crippen molar-refractivity contribution in [2.24, 2.45) is 28.6 Å². The van der Waals surface area contributed by atoms with Crippen LogP contribution in [0.3, 0.4) is 0 Å². The van der Waals surface area contributed by atoms with Crippen LogP contribution in [0.4, 0.5) is 4.79 Å². The molecule has 6 atom stereocenters. The molecule has 1 aliphatic heterocycles. The first kappa shape index (κ1) is 39.9. The highest BCUT2D eigenvalue weighted by Gasteiger charge is 2.70. The van der Waals surface area contributed by atoms with Gasteiger partial charge in [0.2, 0.25) is 27.6 Å². The summed E-state index contributed by atoms with van der Waals surface area (Å²) < 4.78 is 28.0. The van der Waals surface area contributed by atoms with Crippen molar-refractivity contribution in [1.82, 2.24) is 30.5 Å². The summed E-state index contributed by atoms with van der Waals surface area (Å²) in [4.78, 5) is 71.5. The second-order valence-electron chi connectivity index (χ2n) is 18.5. The van der Waals surface area contributed by atoms with Crippen LogP contribution in [0.25, 0.3) is 0 Å². The molecular formula is C39H64N6O7S. The lowest BCUT2D eigenvalue weighted by atomic mass is 9.70. The quantitative estimate of drug-likeness (QED) is 0.185. The fourth-order valence-corrected chi connectivity index (χ4v) is 11.4. The van der Waals surface area contributed by atoms with Gasteiger partial charge in [0.25, 0.3) is 5.91 Å². The number of likely N-dealkylation sites (tertiary alicyclic amines) is 1. The number of rotatable bonds is 15. The second kappa shape index (κ2) is 15.1. The minimum Gasteiger partial charge on any atom is -0.347 e. The van der Waals surface area contributed by atoms with Gasteiger partial charge < -0.3 is 26.2 Å². The Morgan fingerprint density at radius 2 is 1.45 bits per heavy atom. The molecule has 5 amide bonds. The first-order chi connectivity index (χ1) is 24.9. The van der Waals surface area contributed by atoms with Crippen molar-refractivity contribution in [1.29, 1.82) is 0 Å². The zero-order valence-corrected chi connectivity index (χ0v) is 33.6. The van der Waals surface area contributed by atoms with Gasteiger partial charge in [0.15, 0.2) is 0 Å². The molecule has 0 aromatic rings. The Morgan fingerprint density at radius 3 is 2.02 bits per heavy atom. The molecule has 14 heteroatoms. The first-order valence-electron chi connectivity index (χ1n) is 20.4. The molecule has 0 spiro atoms. The molecular weight excluding hydrogens is 697 g/mol. The lowest BCUT2D eigenvalue weighted by Gasteiger charge is -2.45. The molecule has 5 aliphatic carbocycles. The van der Waals surface area contributed by atoms with E-state index in [1.54, 1.807) is 11.8 Å². The molecule has 4 N–H and O–H groups in total. The van der Waals surface area contributed by atoms with Crippen molar-refractivity contribution in [3.63, 3.8) is 0 Å². The van der Waals surface area contributed by atoms with Crippen LogP contribution in [0.1, 0.15) is 130 Å². The number of nitrogens with one attached hydrogen (secondary N) is 4. The van der Waals surface area contributed by atoms with Crippen molar-refractivity contribution < 1.29 is 32.4 Å². The standard InChI is InChI=1S/C39H64N6O7S/c1-24(53(51,52)44(5)6)39(21-11-8-12-22-39)43-36(50)42-32(38(4)19-9-7-10-20-38)35(49)45-23-27-29(37(27,2)3)30(45)33(47)41-28(18-15-25-13-14-25)31(46)34(48)40-26-16-17-26/h24-30,32H,7-23H2,1-6H3,(H,40,48)(H,41,47)(H2,42,43,50)/t24-,27+,28+,29+,30+,32-/m1/s1. The highest BCUT2D eigenvalue weighted by molar-refractivity contribution is 7.89. The van der Waals surface area contributed by atoms with Crippen LogP contribution in [0, 0.1) is 28.6 Å². The van der Waals surface area contributed by atoms with E-state index in [-0.39, 0.29) is 29.2 Å². The average Bonchev–Trinajstić information content (AvgIpc) is 4.08. The van der Waals surface area contributed by atoms with Crippen molar-refractivity contribution in [2.75, 3.05) is 20.6 Å². The molecule has 53 heavy (non-hydrogen) atoms. The summed E-state index contributed by atoms with van der Waals surface area (Å²) in [6.45, 7) is 8.25. The van der Waals surface area contributed by atoms with Crippen molar-refractivity contribution >= 4 is 39.6 Å². The summed E-state index contributed by atoms with van der Waals surface area (Å²) in [6, 6.07) is -3.33. The normalized spacial score (nSPS) is 28.9. The maximum Gasteiger partial charge on any atom is 0.315 e. The van der Waals surface area contributed by atoms with Gasteiger partial charge in [0.05, 0.1) is 16.8 Å². The smallest absolute Gasteiger partial charge is 0.315 e. The summed E-state index contributed by atoms with van der Waals surface area (Å²) in [7, 11) is -0.701. The van der Waals surface area contributed by atoms with Gasteiger partial charge >= 0.3 is 6.03 Å². The number of nitrogens with zero attached hydrogens (tertiary/aromatic N) is 2. The Bertz CT molecular complexity index is 1540. The van der Waals surface area contributed by atoms with E-state index in [4.69, 9.17) is 0 Å². The van der Waals surface area contributed by atoms with E-state index in [2.05, 4.69) is 35.1 Å². The number of piperidine rings is 1. The molecule has 0 aromatic carbocycles. The summed E-state index contributed by atoms with van der Waals surface area (Å²) in [5.74, 6) is -1.60. The molecule has 0 unspecified atom stereocenters. The number of carbonyl (C=O) groups excluding carboxylic acids is 5. The molecule has 6 rings (SSSR count). The van der Waals surface area contributed by atoms with Gasteiger partial charge in [-0.05, 0) is 86.9 Å². The molecule has 13 nitrogen and oxygen atoms in total. The maximum atomic E-state index is 15.0. The Balaban J connectivity index is 1.24. The molecule has 6 fully saturated rings. The Labute approximate surface area is 316 Å². The monoisotopic (exact) mass is 760 g/mol. The Kier molecular flexibility index (Phi) is 11.4. The fraction of sp³-hybridized carbons (Fsp3) is 0.872. The van der Waals surface area contributed by atoms with Crippen molar-refractivity contribution in [3.8, 4) is 0 Å². The largest absolute Gasteiger partial charge is 0.347 e. The van der Waals surface area contributed by atoms with Crippen molar-refractivity contribution in [3.05, 3.63) is 0 Å². The van der Waals surface area contributed by atoms with Gasteiger partial charge in [0.1, 0.15) is 12.1 Å². The molecule has 298 valence electrons. The lowest BCUT2D eigenvalue weighted by molar-refractivity contribution is -0.146. The van der Waals surface area contributed by atoms with Gasteiger partial charge in [-0.2, -0.15) is 0 Å². The first-order valence-corrected chi connectivity index (χ1v) is 21.9. The van der Waals surface area contributed by atoms with Crippen LogP contribution in [0.2, 0.25) is 0 Å². The lowest BCUT2D eigenvalue weighted by Crippen LogP contribution is -2.66. The van der Waals surface area contributed by atoms with E-state index < -0.39 is 68.0 Å². The van der Waals surface area contributed by atoms with Gasteiger partial charge in [-0.3, -0.25) is 19.2 Å². The molecule has 1 heterocycles. The predicted octanol–water partition coefficient (Wildman–Crippen LogP) is 3.61. The third-order valence-electron chi connectivity index (χ3n) is 14.1. The van der Waals surface area contributed by atoms with E-state index in [1.165, 1.54) is 18.4 Å². The summed E-state index contributed by atoms with van der Waals surface area (Å²) >= 11 is 0. The van der Waals surface area contributed by atoms with Gasteiger partial charge in [-0.15, -0.1) is 0 Å². The number of ketones is 1. The SMILES string of the molecule is C[C@H](C1(NC(=O)N[C@H](C(=O)N2C[C@H]3[C@@H]([C@H]2C(=O)N[C@@H](CCC2CC2)C(=O)C(=O)NC2CC2)C3(C)C)C2(C)CCCCC2)CCCCC1)S(=O)(=O)N(C)C. The summed E-state index contributed by atoms with van der Waals surface area (Å²) in [6.07, 6.45) is 12.8. The second-order valence-corrected chi connectivity index (χ2v) is 21.0. The minimum absolute atomic E-state index is 0.0126. The summed E-state index contributed by atoms with van der Waals surface area (Å²) in [5.41, 5.74) is -1.77. The number of urea groups is 1. The Hall–Kier alpha value is -2.74. The van der Waals surface area contributed by atoms with Gasteiger partial charge in [0, 0.05) is 26.7 Å². The fourth-order valence-electron chi connectivity index (χ4n) is 9.95. The molecule has 1 saturated heterocycles. The molecule has 0 aromatic heterocycles. The van der Waals surface area contributed by atoms with Gasteiger partial charge in [-0.25, -0.2) is 17.5 Å². The number of sulfonamides is 1. The Morgan fingerprint density at radius 1 is 0.849 bits per heavy atom. The number of hydrogen-bond acceptors (Lipinski definition) is 7. The molecule has 5 saturated carbocycles. The van der Waals surface area contributed by atoms with Crippen LogP contribution >= 0.6 is 0 Å². The zero-order valence-electron chi connectivity index (χ0n) is 32.8.